The summed E-state index contributed by atoms with van der Waals surface area (Å²) in [6.07, 6.45) is 1.03. The summed E-state index contributed by atoms with van der Waals surface area (Å²) in [5.41, 5.74) is 2.97. The molecule has 0 spiro atoms. The van der Waals surface area contributed by atoms with Crippen LogP contribution in [0.15, 0.2) is 35.2 Å². The second kappa shape index (κ2) is 13.3. The first-order chi connectivity index (χ1) is 18.7. The minimum absolute atomic E-state index is 0.0147. The fraction of sp³-hybridized carbons (Fsp3) is 0.517. The minimum Gasteiger partial charge on any atom is -0.497 e. The van der Waals surface area contributed by atoms with Crippen molar-refractivity contribution in [3.63, 3.8) is 0 Å². The highest BCUT2D eigenvalue weighted by molar-refractivity contribution is 7.89. The third-order valence-corrected chi connectivity index (χ3v) is 9.94. The zero-order valence-electron chi connectivity index (χ0n) is 24.5. The summed E-state index contributed by atoms with van der Waals surface area (Å²) in [6, 6.07) is 9.73. The second-order valence-electron chi connectivity index (χ2n) is 10.8. The summed E-state index contributed by atoms with van der Waals surface area (Å²) in [4.78, 5) is 31.7. The molecule has 1 atom stereocenters. The van der Waals surface area contributed by atoms with Crippen LogP contribution in [0.2, 0.25) is 5.02 Å². The van der Waals surface area contributed by atoms with Crippen molar-refractivity contribution in [3.05, 3.63) is 52.0 Å². The van der Waals surface area contributed by atoms with Gasteiger partial charge in [0.15, 0.2) is 0 Å². The molecule has 0 aromatic heterocycles. The average molecular weight is 593 g/mol. The van der Waals surface area contributed by atoms with Crippen LogP contribution in [0.1, 0.15) is 36.0 Å². The fourth-order valence-corrected chi connectivity index (χ4v) is 6.84. The van der Waals surface area contributed by atoms with E-state index >= 15 is 0 Å². The third kappa shape index (κ3) is 7.54. The topological polar surface area (TPSA) is 90.5 Å². The first kappa shape index (κ1) is 31.9. The van der Waals surface area contributed by atoms with Crippen molar-refractivity contribution in [1.82, 2.24) is 14.1 Å². The summed E-state index contributed by atoms with van der Waals surface area (Å²) >= 11 is 6.57. The van der Waals surface area contributed by atoms with E-state index in [1.807, 2.05) is 18.2 Å². The predicted molar refractivity (Wildman–Crippen MR) is 159 cm³/mol. The summed E-state index contributed by atoms with van der Waals surface area (Å²) in [5, 5.41) is 0.595. The molecule has 0 radical (unpaired) electrons. The number of amides is 1. The van der Waals surface area contributed by atoms with Gasteiger partial charge in [0.25, 0.3) is 0 Å². The molecule has 40 heavy (non-hydrogen) atoms. The SMILES string of the molecule is COc1cc(C)c(S(=O)(=O)N(C)CC(=O)CCC(=O)N(C)Cc2ccc(N3CCC(N(C)C)C3)cc2Cl)c(C)c1. The van der Waals surface area contributed by atoms with E-state index in [1.165, 1.54) is 19.1 Å². The highest BCUT2D eigenvalue weighted by Crippen LogP contribution is 2.29. The van der Waals surface area contributed by atoms with Crippen molar-refractivity contribution in [2.24, 2.45) is 0 Å². The standard InChI is InChI=1S/C29H41ClN4O5S/c1-20-14-26(39-7)15-21(2)29(20)40(37,38)33(6)19-25(35)10-11-28(36)32(5)17-22-8-9-23(16-27(22)30)34-13-12-24(18-34)31(3)4/h8-9,14-16,24H,10-13,17-19H2,1-7H3. The van der Waals surface area contributed by atoms with Gasteiger partial charge >= 0.3 is 0 Å². The van der Waals surface area contributed by atoms with Gasteiger partial charge in [-0.3, -0.25) is 9.59 Å². The van der Waals surface area contributed by atoms with Gasteiger partial charge in [-0.2, -0.15) is 4.31 Å². The maximum Gasteiger partial charge on any atom is 0.243 e. The Morgan fingerprint density at radius 2 is 1.70 bits per heavy atom. The second-order valence-corrected chi connectivity index (χ2v) is 13.2. The summed E-state index contributed by atoms with van der Waals surface area (Å²) in [6.45, 7) is 5.31. The molecule has 11 heteroatoms. The van der Waals surface area contributed by atoms with Crippen molar-refractivity contribution in [2.75, 3.05) is 59.8 Å². The Kier molecular flexibility index (Phi) is 10.6. The number of halogens is 1. The highest BCUT2D eigenvalue weighted by atomic mass is 35.5. The Morgan fingerprint density at radius 1 is 1.05 bits per heavy atom. The predicted octanol–water partition coefficient (Wildman–Crippen LogP) is 3.73. The maximum absolute atomic E-state index is 13.2. The van der Waals surface area contributed by atoms with Gasteiger partial charge < -0.3 is 19.4 Å². The Balaban J connectivity index is 1.54. The number of likely N-dealkylation sites (N-methyl/N-ethyl adjacent to an activating group) is 2. The molecule has 1 amide bonds. The van der Waals surface area contributed by atoms with Crippen LogP contribution in [-0.2, 0) is 26.2 Å². The van der Waals surface area contributed by atoms with Gasteiger partial charge in [0, 0.05) is 63.3 Å². The molecule has 3 rings (SSSR count). The van der Waals surface area contributed by atoms with Crippen molar-refractivity contribution < 1.29 is 22.7 Å². The lowest BCUT2D eigenvalue weighted by Crippen LogP contribution is -2.34. The number of sulfonamides is 1. The van der Waals surface area contributed by atoms with Crippen LogP contribution in [-0.4, -0.2) is 95.2 Å². The quantitative estimate of drug-likeness (QED) is 0.371. The zero-order chi connectivity index (χ0) is 29.8. The van der Waals surface area contributed by atoms with E-state index in [4.69, 9.17) is 16.3 Å². The maximum atomic E-state index is 13.2. The molecule has 0 aliphatic carbocycles. The molecule has 1 heterocycles. The van der Waals surface area contributed by atoms with E-state index in [0.29, 0.717) is 34.5 Å². The van der Waals surface area contributed by atoms with Gasteiger partial charge in [-0.15, -0.1) is 0 Å². The van der Waals surface area contributed by atoms with Crippen LogP contribution in [0.25, 0.3) is 0 Å². The number of Topliss-reactive ketones (excluding diaryl/α,β-unsaturated/α-hetero) is 1. The molecule has 1 aliphatic rings. The zero-order valence-corrected chi connectivity index (χ0v) is 26.1. The van der Waals surface area contributed by atoms with Crippen molar-refractivity contribution in [3.8, 4) is 5.75 Å². The monoisotopic (exact) mass is 592 g/mol. The lowest BCUT2D eigenvalue weighted by molar-refractivity contribution is -0.132. The molecule has 1 unspecified atom stereocenters. The van der Waals surface area contributed by atoms with E-state index in [-0.39, 0.29) is 36.0 Å². The first-order valence-corrected chi connectivity index (χ1v) is 15.1. The van der Waals surface area contributed by atoms with E-state index in [2.05, 4.69) is 23.9 Å². The molecule has 0 saturated carbocycles. The van der Waals surface area contributed by atoms with Crippen LogP contribution in [0.3, 0.4) is 0 Å². The van der Waals surface area contributed by atoms with Gasteiger partial charge in [0.1, 0.15) is 11.5 Å². The van der Waals surface area contributed by atoms with Gasteiger partial charge in [-0.25, -0.2) is 8.42 Å². The fourth-order valence-electron chi connectivity index (χ4n) is 5.04. The van der Waals surface area contributed by atoms with Crippen LogP contribution in [0.5, 0.6) is 5.75 Å². The number of aryl methyl sites for hydroxylation is 2. The molecule has 1 fully saturated rings. The van der Waals surface area contributed by atoms with Crippen molar-refractivity contribution in [2.45, 2.75) is 50.6 Å². The molecule has 1 saturated heterocycles. The van der Waals surface area contributed by atoms with Crippen LogP contribution < -0.4 is 9.64 Å². The number of anilines is 1. The number of carbonyl (C=O) groups excluding carboxylic acids is 2. The minimum atomic E-state index is -3.90. The molecule has 2 aromatic rings. The lowest BCUT2D eigenvalue weighted by Gasteiger charge is -2.23. The number of nitrogens with zero attached hydrogens (tertiary/aromatic N) is 4. The Bertz CT molecular complexity index is 1320. The van der Waals surface area contributed by atoms with E-state index in [0.717, 1.165) is 35.1 Å². The smallest absolute Gasteiger partial charge is 0.243 e. The van der Waals surface area contributed by atoms with E-state index in [9.17, 15) is 18.0 Å². The van der Waals surface area contributed by atoms with Gasteiger partial charge in [0.05, 0.1) is 18.6 Å². The number of ether oxygens (including phenoxy) is 1. The molecule has 220 valence electrons. The highest BCUT2D eigenvalue weighted by Gasteiger charge is 2.28. The molecule has 0 bridgehead atoms. The largest absolute Gasteiger partial charge is 0.497 e. The summed E-state index contributed by atoms with van der Waals surface area (Å²) in [7, 11) is 4.85. The van der Waals surface area contributed by atoms with Gasteiger partial charge in [-0.05, 0) is 75.3 Å². The van der Waals surface area contributed by atoms with E-state index in [1.54, 1.807) is 33.0 Å². The number of rotatable bonds is 12. The average Bonchev–Trinajstić information content (AvgIpc) is 3.38. The van der Waals surface area contributed by atoms with Crippen molar-refractivity contribution >= 4 is 39.0 Å². The Morgan fingerprint density at radius 3 is 2.25 bits per heavy atom. The van der Waals surface area contributed by atoms with Gasteiger partial charge in [0.2, 0.25) is 15.9 Å². The summed E-state index contributed by atoms with van der Waals surface area (Å²) < 4.78 is 32.6. The van der Waals surface area contributed by atoms with Gasteiger partial charge in [-0.1, -0.05) is 17.7 Å². The van der Waals surface area contributed by atoms with Crippen LogP contribution in [0.4, 0.5) is 5.69 Å². The van der Waals surface area contributed by atoms with Crippen molar-refractivity contribution in [1.29, 1.82) is 0 Å². The summed E-state index contributed by atoms with van der Waals surface area (Å²) in [5.74, 6) is 0.0205. The number of benzene rings is 2. The van der Waals surface area contributed by atoms with Crippen LogP contribution >= 0.6 is 11.6 Å². The first-order valence-electron chi connectivity index (χ1n) is 13.3. The number of ketones is 1. The molecule has 0 N–H and O–H groups in total. The number of hydrogen-bond donors (Lipinski definition) is 0. The normalized spacial score (nSPS) is 15.7. The number of hydrogen-bond acceptors (Lipinski definition) is 7. The molecular weight excluding hydrogens is 552 g/mol. The molecular formula is C29H41ClN4O5S. The van der Waals surface area contributed by atoms with Crippen LogP contribution in [0, 0.1) is 13.8 Å². The number of carbonyl (C=O) groups is 2. The lowest BCUT2D eigenvalue weighted by atomic mass is 10.1. The molecule has 1 aliphatic heterocycles. The Hall–Kier alpha value is -2.66. The van der Waals surface area contributed by atoms with E-state index < -0.39 is 10.0 Å². The third-order valence-electron chi connectivity index (χ3n) is 7.48. The number of methoxy groups -OCH3 is 1. The molecule has 2 aromatic carbocycles. The molecule has 9 nitrogen and oxygen atoms in total. The Labute approximate surface area is 243 Å².